The number of nitriles is 1. The minimum absolute atomic E-state index is 0.238. The van der Waals surface area contributed by atoms with Crippen LogP contribution >= 0.6 is 0 Å². The van der Waals surface area contributed by atoms with Crippen LogP contribution in [-0.4, -0.2) is 96.2 Å². The predicted molar refractivity (Wildman–Crippen MR) is 195 cm³/mol. The summed E-state index contributed by atoms with van der Waals surface area (Å²) in [5.41, 5.74) is 5.05. The third kappa shape index (κ3) is 8.67. The quantitative estimate of drug-likeness (QED) is 0.170. The molecule has 4 heterocycles. The number of pyridine rings is 1. The lowest BCUT2D eigenvalue weighted by atomic mass is 9.81. The zero-order valence-corrected chi connectivity index (χ0v) is 29.2. The number of aryl methyl sites for hydroxylation is 1. The summed E-state index contributed by atoms with van der Waals surface area (Å²) in [6.07, 6.45) is 2.45. The van der Waals surface area contributed by atoms with Crippen molar-refractivity contribution in [3.05, 3.63) is 89.2 Å². The van der Waals surface area contributed by atoms with Crippen molar-refractivity contribution in [2.75, 3.05) is 81.6 Å². The molecule has 4 aromatic rings. The van der Waals surface area contributed by atoms with E-state index < -0.39 is 5.41 Å². The average molecular weight is 678 g/mol. The van der Waals surface area contributed by atoms with Crippen molar-refractivity contribution < 1.29 is 14.3 Å². The van der Waals surface area contributed by atoms with Crippen LogP contribution < -0.4 is 16.0 Å². The van der Waals surface area contributed by atoms with Crippen molar-refractivity contribution in [1.29, 1.82) is 5.26 Å². The van der Waals surface area contributed by atoms with Gasteiger partial charge in [-0.15, -0.1) is 0 Å². The maximum absolute atomic E-state index is 13.4. The zero-order chi connectivity index (χ0) is 34.9. The number of ether oxygens (including phenoxy) is 2. The summed E-state index contributed by atoms with van der Waals surface area (Å²) in [5.74, 6) is 1.22. The van der Waals surface area contributed by atoms with E-state index in [-0.39, 0.29) is 5.91 Å². The van der Waals surface area contributed by atoms with Crippen molar-refractivity contribution in [2.24, 2.45) is 0 Å². The number of amides is 1. The number of hydrogen-bond donors (Lipinski definition) is 3. The number of nitrogens with zero attached hydrogens (tertiary/aromatic N) is 6. The number of rotatable bonds is 13. The number of carbonyl (C=O) groups excluding carboxylic acids is 1. The summed E-state index contributed by atoms with van der Waals surface area (Å²) >= 11 is 0. The highest BCUT2D eigenvalue weighted by molar-refractivity contribution is 6.04. The van der Waals surface area contributed by atoms with Crippen LogP contribution in [0.15, 0.2) is 66.9 Å². The van der Waals surface area contributed by atoms with Crippen molar-refractivity contribution >= 4 is 28.8 Å². The highest BCUT2D eigenvalue weighted by atomic mass is 16.5. The number of benzene rings is 2. The Bertz CT molecular complexity index is 1810. The van der Waals surface area contributed by atoms with Crippen LogP contribution in [0.25, 0.3) is 5.82 Å². The molecule has 1 atom stereocenters. The summed E-state index contributed by atoms with van der Waals surface area (Å²) in [6, 6.07) is 21.6. The Kier molecular flexibility index (Phi) is 11.4. The van der Waals surface area contributed by atoms with Crippen LogP contribution in [0.4, 0.5) is 22.9 Å². The monoisotopic (exact) mass is 677 g/mol. The maximum Gasteiger partial charge on any atom is 0.255 e. The predicted octanol–water partition coefficient (Wildman–Crippen LogP) is 5.34. The summed E-state index contributed by atoms with van der Waals surface area (Å²) < 4.78 is 12.9. The molecule has 1 unspecified atom stereocenters. The number of aromatic nitrogens is 3. The van der Waals surface area contributed by atoms with Crippen LogP contribution in [-0.2, 0) is 21.4 Å². The Morgan fingerprint density at radius 3 is 2.46 bits per heavy atom. The molecule has 2 aliphatic heterocycles. The molecule has 6 rings (SSSR count). The molecule has 2 saturated heterocycles. The molecule has 0 bridgehead atoms. The van der Waals surface area contributed by atoms with Gasteiger partial charge in [0.2, 0.25) is 0 Å². The van der Waals surface area contributed by atoms with E-state index in [2.05, 4.69) is 37.9 Å². The Morgan fingerprint density at radius 1 is 0.960 bits per heavy atom. The molecule has 1 amide bonds. The molecular weight excluding hydrogens is 630 g/mol. The molecule has 2 fully saturated rings. The molecule has 0 aliphatic carbocycles. The second-order valence-electron chi connectivity index (χ2n) is 13.1. The van der Waals surface area contributed by atoms with Crippen molar-refractivity contribution in [2.45, 2.75) is 39.2 Å². The van der Waals surface area contributed by atoms with Crippen LogP contribution in [0.1, 0.15) is 47.4 Å². The number of morpholine rings is 2. The van der Waals surface area contributed by atoms with Crippen molar-refractivity contribution in [1.82, 2.24) is 24.6 Å². The van der Waals surface area contributed by atoms with E-state index >= 15 is 0 Å². The fourth-order valence-corrected chi connectivity index (χ4v) is 6.11. The first kappa shape index (κ1) is 35.0. The van der Waals surface area contributed by atoms with Crippen molar-refractivity contribution in [3.8, 4) is 11.9 Å². The van der Waals surface area contributed by atoms with E-state index in [9.17, 15) is 10.1 Å². The molecule has 12 heteroatoms. The molecule has 262 valence electrons. The van der Waals surface area contributed by atoms with Crippen LogP contribution in [0.3, 0.4) is 0 Å². The second-order valence-corrected chi connectivity index (χ2v) is 13.1. The summed E-state index contributed by atoms with van der Waals surface area (Å²) in [7, 11) is 0. The van der Waals surface area contributed by atoms with Gasteiger partial charge in [0.1, 0.15) is 5.82 Å². The molecule has 2 aromatic carbocycles. The minimum atomic E-state index is -0.659. The van der Waals surface area contributed by atoms with Gasteiger partial charge in [0, 0.05) is 86.8 Å². The Balaban J connectivity index is 1.22. The second kappa shape index (κ2) is 16.3. The van der Waals surface area contributed by atoms with E-state index in [0.717, 1.165) is 86.5 Å². The lowest BCUT2D eigenvalue weighted by molar-refractivity contribution is 0.0336. The van der Waals surface area contributed by atoms with Gasteiger partial charge in [-0.05, 0) is 61.7 Å². The van der Waals surface area contributed by atoms with Crippen molar-refractivity contribution in [3.63, 3.8) is 0 Å². The summed E-state index contributed by atoms with van der Waals surface area (Å²) in [4.78, 5) is 22.8. The third-order valence-corrected chi connectivity index (χ3v) is 9.55. The van der Waals surface area contributed by atoms with E-state index in [0.29, 0.717) is 43.2 Å². The Labute approximate surface area is 294 Å². The van der Waals surface area contributed by atoms with E-state index in [1.54, 1.807) is 12.3 Å². The average Bonchev–Trinajstić information content (AvgIpc) is 3.55. The van der Waals surface area contributed by atoms with Gasteiger partial charge >= 0.3 is 0 Å². The smallest absolute Gasteiger partial charge is 0.255 e. The Morgan fingerprint density at radius 2 is 1.72 bits per heavy atom. The van der Waals surface area contributed by atoms with Gasteiger partial charge in [0.05, 0.1) is 43.6 Å². The van der Waals surface area contributed by atoms with Gasteiger partial charge in [0.15, 0.2) is 5.82 Å². The third-order valence-electron chi connectivity index (χ3n) is 9.55. The summed E-state index contributed by atoms with van der Waals surface area (Å²) in [5, 5.41) is 25.0. The van der Waals surface area contributed by atoms with E-state index in [1.807, 2.05) is 74.0 Å². The fraction of sp³-hybridized carbons (Fsp3) is 0.421. The first-order valence-electron chi connectivity index (χ1n) is 17.4. The topological polar surface area (TPSA) is 133 Å². The molecular formula is C38H47N9O3. The van der Waals surface area contributed by atoms with Crippen LogP contribution in [0.2, 0.25) is 0 Å². The fourth-order valence-electron chi connectivity index (χ4n) is 6.11. The molecule has 12 nitrogen and oxygen atoms in total. The maximum atomic E-state index is 13.4. The van der Waals surface area contributed by atoms with E-state index in [1.165, 1.54) is 0 Å². The molecule has 0 radical (unpaired) electrons. The first-order valence-corrected chi connectivity index (χ1v) is 17.4. The largest absolute Gasteiger partial charge is 0.384 e. The highest BCUT2D eigenvalue weighted by Gasteiger charge is 2.25. The van der Waals surface area contributed by atoms with Crippen LogP contribution in [0.5, 0.6) is 0 Å². The lowest BCUT2D eigenvalue weighted by Crippen LogP contribution is -2.39. The molecule has 0 saturated carbocycles. The molecule has 3 N–H and O–H groups in total. The number of carbonyl (C=O) groups is 1. The lowest BCUT2D eigenvalue weighted by Gasteiger charge is -2.26. The molecule has 50 heavy (non-hydrogen) atoms. The van der Waals surface area contributed by atoms with Gasteiger partial charge in [-0.25, -0.2) is 4.98 Å². The number of hydrogen-bond acceptors (Lipinski definition) is 10. The Hall–Kier alpha value is -4.80. The van der Waals surface area contributed by atoms with Gasteiger partial charge in [-0.1, -0.05) is 25.1 Å². The number of nitrogens with one attached hydrogen (secondary N) is 3. The zero-order valence-electron chi connectivity index (χ0n) is 29.2. The van der Waals surface area contributed by atoms with E-state index in [4.69, 9.17) is 19.6 Å². The molecule has 0 spiro atoms. The minimum Gasteiger partial charge on any atom is -0.384 e. The molecule has 2 aromatic heterocycles. The van der Waals surface area contributed by atoms with Gasteiger partial charge in [0.25, 0.3) is 5.91 Å². The van der Waals surface area contributed by atoms with Gasteiger partial charge in [-0.2, -0.15) is 15.0 Å². The van der Waals surface area contributed by atoms with Crippen LogP contribution in [0, 0.1) is 18.3 Å². The van der Waals surface area contributed by atoms with Gasteiger partial charge < -0.3 is 25.4 Å². The normalized spacial score (nSPS) is 16.7. The first-order chi connectivity index (χ1) is 24.3. The standard InChI is InChI=1S/C38H47N9O3/c1-4-38(3,27-39)30-7-5-6-29(22-30)37(48)42-32-9-8-28(2)34(23-32)43-36-25-33(26-46-16-20-50-21-17-46)44-47(36)35-24-31(10-11-41-35)40-12-13-45-14-18-49-19-15-45/h5-11,22-25,43H,4,12-21,26H2,1-3H3,(H,40,41)(H,42,48). The van der Waals surface area contributed by atoms with Gasteiger partial charge in [-0.3, -0.25) is 14.6 Å². The SMILES string of the molecule is CCC(C)(C#N)c1cccc(C(=O)Nc2ccc(C)c(Nc3cc(CN4CCOCC4)nn3-c3cc(NCCN4CCOCC4)ccn3)c2)c1. The highest BCUT2D eigenvalue weighted by Crippen LogP contribution is 2.29. The molecule has 2 aliphatic rings. The number of anilines is 4. The summed E-state index contributed by atoms with van der Waals surface area (Å²) in [6.45, 7) is 15.0.